The largest absolute Gasteiger partial charge is 0.316 e. The van der Waals surface area contributed by atoms with E-state index >= 15 is 0 Å². The fraction of sp³-hybridized carbons (Fsp3) is 0.647. The molecule has 0 saturated carbocycles. The van der Waals surface area contributed by atoms with E-state index in [1.165, 1.54) is 33.2 Å². The monoisotopic (exact) mass is 381 g/mol. The molecule has 0 bridgehead atoms. The summed E-state index contributed by atoms with van der Waals surface area (Å²) in [7, 11) is -3.19. The summed E-state index contributed by atoms with van der Waals surface area (Å²) in [6.45, 7) is 0.756. The van der Waals surface area contributed by atoms with Gasteiger partial charge >= 0.3 is 0 Å². The van der Waals surface area contributed by atoms with Crippen LogP contribution in [0.1, 0.15) is 48.1 Å². The molecular formula is C17H23N3O3S2. The Morgan fingerprint density at radius 2 is 1.92 bits per heavy atom. The lowest BCUT2D eigenvalue weighted by molar-refractivity contribution is -0.120. The number of hydrogen-bond donors (Lipinski definition) is 1. The van der Waals surface area contributed by atoms with Gasteiger partial charge in [-0.1, -0.05) is 6.42 Å². The summed E-state index contributed by atoms with van der Waals surface area (Å²) in [6.07, 6.45) is 7.55. The lowest BCUT2D eigenvalue weighted by atomic mass is 9.97. The highest BCUT2D eigenvalue weighted by Crippen LogP contribution is 2.37. The highest BCUT2D eigenvalue weighted by atomic mass is 32.2. The minimum absolute atomic E-state index is 0.0962. The van der Waals surface area contributed by atoms with Gasteiger partial charge in [0.05, 0.1) is 11.8 Å². The summed E-state index contributed by atoms with van der Waals surface area (Å²) in [6, 6.07) is 2.27. The lowest BCUT2D eigenvalue weighted by Crippen LogP contribution is -2.40. The van der Waals surface area contributed by atoms with Crippen molar-refractivity contribution in [3.8, 4) is 6.07 Å². The molecule has 1 fully saturated rings. The zero-order valence-corrected chi connectivity index (χ0v) is 16.0. The third-order valence-corrected chi connectivity index (χ3v) is 7.57. The Balaban J connectivity index is 1.69. The van der Waals surface area contributed by atoms with Crippen molar-refractivity contribution in [1.29, 1.82) is 5.26 Å². The van der Waals surface area contributed by atoms with E-state index in [0.717, 1.165) is 31.2 Å². The van der Waals surface area contributed by atoms with Crippen LogP contribution in [0.5, 0.6) is 0 Å². The van der Waals surface area contributed by atoms with Crippen LogP contribution in [0.2, 0.25) is 0 Å². The van der Waals surface area contributed by atoms with Crippen LogP contribution in [0.3, 0.4) is 0 Å². The number of hydrogen-bond acceptors (Lipinski definition) is 5. The van der Waals surface area contributed by atoms with Crippen molar-refractivity contribution >= 4 is 32.3 Å². The van der Waals surface area contributed by atoms with Crippen molar-refractivity contribution in [1.82, 2.24) is 4.31 Å². The van der Waals surface area contributed by atoms with Crippen LogP contribution in [-0.4, -0.2) is 38.0 Å². The number of thiophene rings is 1. The van der Waals surface area contributed by atoms with E-state index in [1.807, 2.05) is 0 Å². The van der Waals surface area contributed by atoms with Crippen molar-refractivity contribution in [3.63, 3.8) is 0 Å². The highest BCUT2D eigenvalue weighted by Gasteiger charge is 2.30. The van der Waals surface area contributed by atoms with Crippen molar-refractivity contribution in [3.05, 3.63) is 16.0 Å². The van der Waals surface area contributed by atoms with Gasteiger partial charge in [-0.2, -0.15) is 5.26 Å². The quantitative estimate of drug-likeness (QED) is 0.815. The van der Waals surface area contributed by atoms with Crippen LogP contribution in [0, 0.1) is 17.2 Å². The van der Waals surface area contributed by atoms with Gasteiger partial charge in [0.25, 0.3) is 0 Å². The van der Waals surface area contributed by atoms with Gasteiger partial charge in [-0.25, -0.2) is 12.7 Å². The molecule has 1 N–H and O–H groups in total. The standard InChI is InChI=1S/C17H23N3O3S2/c1-25(22,23)20-9-7-12(8-10-20)16(21)19-17-14(11-18)13-5-3-2-4-6-15(13)24-17/h12H,2-10H2,1H3,(H,19,21). The molecule has 8 heteroatoms. The molecule has 25 heavy (non-hydrogen) atoms. The number of sulfonamides is 1. The molecule has 0 atom stereocenters. The third kappa shape index (κ3) is 4.05. The molecule has 1 saturated heterocycles. The summed E-state index contributed by atoms with van der Waals surface area (Å²) in [5.41, 5.74) is 1.75. The molecule has 1 aliphatic heterocycles. The molecule has 0 unspecified atom stereocenters. The molecule has 1 aromatic heterocycles. The Labute approximate surface area is 152 Å². The lowest BCUT2D eigenvalue weighted by Gasteiger charge is -2.29. The Kier molecular flexibility index (Phi) is 5.46. The number of carbonyl (C=O) groups is 1. The first-order chi connectivity index (χ1) is 11.9. The van der Waals surface area contributed by atoms with E-state index in [-0.39, 0.29) is 11.8 Å². The molecule has 1 aromatic rings. The Hall–Kier alpha value is -1.43. The first-order valence-electron chi connectivity index (χ1n) is 8.70. The number of fused-ring (bicyclic) bond motifs is 1. The van der Waals surface area contributed by atoms with E-state index < -0.39 is 10.0 Å². The van der Waals surface area contributed by atoms with E-state index in [2.05, 4.69) is 11.4 Å². The molecular weight excluding hydrogens is 358 g/mol. The summed E-state index contributed by atoms with van der Waals surface area (Å²) in [5, 5.41) is 13.2. The average Bonchev–Trinajstić information content (AvgIpc) is 2.74. The maximum atomic E-state index is 12.6. The molecule has 1 amide bonds. The SMILES string of the molecule is CS(=O)(=O)N1CCC(C(=O)Nc2sc3c(c2C#N)CCCCC3)CC1. The second-order valence-electron chi connectivity index (χ2n) is 6.81. The maximum Gasteiger partial charge on any atom is 0.228 e. The van der Waals surface area contributed by atoms with Gasteiger partial charge in [0.2, 0.25) is 15.9 Å². The summed E-state index contributed by atoms with van der Waals surface area (Å²) >= 11 is 1.54. The zero-order valence-electron chi connectivity index (χ0n) is 14.4. The number of anilines is 1. The Morgan fingerprint density at radius 3 is 2.56 bits per heavy atom. The fourth-order valence-electron chi connectivity index (χ4n) is 3.61. The topological polar surface area (TPSA) is 90.3 Å². The number of rotatable bonds is 3. The van der Waals surface area contributed by atoms with Crippen LogP contribution < -0.4 is 5.32 Å². The normalized spacial score (nSPS) is 19.7. The van der Waals surface area contributed by atoms with Crippen molar-refractivity contribution in [2.24, 2.45) is 5.92 Å². The van der Waals surface area contributed by atoms with E-state index in [9.17, 15) is 18.5 Å². The van der Waals surface area contributed by atoms with Gasteiger partial charge in [0.15, 0.2) is 0 Å². The van der Waals surface area contributed by atoms with E-state index in [1.54, 1.807) is 0 Å². The number of nitrogens with zero attached hydrogens (tertiary/aromatic N) is 2. The van der Waals surface area contributed by atoms with Gasteiger partial charge in [-0.15, -0.1) is 11.3 Å². The number of piperidine rings is 1. The summed E-state index contributed by atoms with van der Waals surface area (Å²) < 4.78 is 24.6. The molecule has 6 nitrogen and oxygen atoms in total. The number of nitriles is 1. The van der Waals surface area contributed by atoms with Gasteiger partial charge in [-0.3, -0.25) is 4.79 Å². The number of carbonyl (C=O) groups excluding carboxylic acids is 1. The predicted molar refractivity (Wildman–Crippen MR) is 98.1 cm³/mol. The van der Waals surface area contributed by atoms with Crippen LogP contribution >= 0.6 is 11.3 Å². The van der Waals surface area contributed by atoms with Crippen molar-refractivity contribution in [2.45, 2.75) is 44.9 Å². The molecule has 136 valence electrons. The molecule has 2 heterocycles. The van der Waals surface area contributed by atoms with E-state index in [0.29, 0.717) is 36.5 Å². The molecule has 3 rings (SSSR count). The van der Waals surface area contributed by atoms with Crippen molar-refractivity contribution < 1.29 is 13.2 Å². The predicted octanol–water partition coefficient (Wildman–Crippen LogP) is 2.50. The first-order valence-corrected chi connectivity index (χ1v) is 11.4. The maximum absolute atomic E-state index is 12.6. The highest BCUT2D eigenvalue weighted by molar-refractivity contribution is 7.88. The second kappa shape index (κ2) is 7.44. The van der Waals surface area contributed by atoms with Crippen LogP contribution in [-0.2, 0) is 27.7 Å². The molecule has 2 aliphatic rings. The Bertz CT molecular complexity index is 800. The van der Waals surface area contributed by atoms with Crippen LogP contribution in [0.4, 0.5) is 5.00 Å². The van der Waals surface area contributed by atoms with Crippen LogP contribution in [0.15, 0.2) is 0 Å². The Morgan fingerprint density at radius 1 is 1.24 bits per heavy atom. The minimum atomic E-state index is -3.19. The van der Waals surface area contributed by atoms with E-state index in [4.69, 9.17) is 0 Å². The van der Waals surface area contributed by atoms with Gasteiger partial charge in [-0.05, 0) is 44.1 Å². The van der Waals surface area contributed by atoms with Gasteiger partial charge in [0.1, 0.15) is 11.1 Å². The minimum Gasteiger partial charge on any atom is -0.316 e. The molecule has 0 radical (unpaired) electrons. The van der Waals surface area contributed by atoms with Gasteiger partial charge < -0.3 is 5.32 Å². The van der Waals surface area contributed by atoms with Crippen LogP contribution in [0.25, 0.3) is 0 Å². The van der Waals surface area contributed by atoms with Gasteiger partial charge in [0, 0.05) is 23.9 Å². The number of nitrogens with one attached hydrogen (secondary N) is 1. The van der Waals surface area contributed by atoms with Crippen molar-refractivity contribution in [2.75, 3.05) is 24.7 Å². The summed E-state index contributed by atoms with van der Waals surface area (Å²) in [5.74, 6) is -0.299. The zero-order chi connectivity index (χ0) is 18.0. The molecule has 0 aromatic carbocycles. The molecule has 1 aliphatic carbocycles. The number of amides is 1. The fourth-order valence-corrected chi connectivity index (χ4v) is 5.73. The third-order valence-electron chi connectivity index (χ3n) is 5.06. The first kappa shape index (κ1) is 18.4. The number of aryl methyl sites for hydroxylation is 1. The summed E-state index contributed by atoms with van der Waals surface area (Å²) in [4.78, 5) is 13.8. The average molecular weight is 382 g/mol. The molecule has 0 spiro atoms. The smallest absolute Gasteiger partial charge is 0.228 e. The second-order valence-corrected chi connectivity index (χ2v) is 9.89.